The molecule has 0 aliphatic carbocycles. The monoisotopic (exact) mass is 365 g/mol. The lowest BCUT2D eigenvalue weighted by molar-refractivity contribution is -0.159. The van der Waals surface area contributed by atoms with Crippen LogP contribution in [0.5, 0.6) is 0 Å². The average molecular weight is 365 g/mol. The van der Waals surface area contributed by atoms with E-state index in [2.05, 4.69) is 19.8 Å². The maximum atomic E-state index is 12.5. The number of halogens is 3. The molecular formula is C16H14F3N5O2. The molecule has 3 aromatic rings. The van der Waals surface area contributed by atoms with Crippen molar-refractivity contribution < 1.29 is 22.5 Å². The van der Waals surface area contributed by atoms with Crippen molar-refractivity contribution in [3.8, 4) is 11.4 Å². The van der Waals surface area contributed by atoms with Crippen LogP contribution in [0, 0.1) is 13.8 Å². The number of hydrogen-bond acceptors (Lipinski definition) is 5. The Bertz CT molecular complexity index is 957. The summed E-state index contributed by atoms with van der Waals surface area (Å²) in [5.74, 6) is -2.08. The van der Waals surface area contributed by atoms with E-state index in [-0.39, 0.29) is 5.82 Å². The summed E-state index contributed by atoms with van der Waals surface area (Å²) in [7, 11) is 0. The molecule has 0 bridgehead atoms. The summed E-state index contributed by atoms with van der Waals surface area (Å²) in [6, 6.07) is 6.58. The van der Waals surface area contributed by atoms with Crippen LogP contribution in [0.4, 0.5) is 13.2 Å². The second kappa shape index (κ2) is 6.28. The molecule has 0 unspecified atom stereocenters. The second-order valence-corrected chi connectivity index (χ2v) is 5.69. The van der Waals surface area contributed by atoms with Gasteiger partial charge in [-0.1, -0.05) is 29.4 Å². The summed E-state index contributed by atoms with van der Waals surface area (Å²) < 4.78 is 43.4. The molecule has 1 aromatic carbocycles. The van der Waals surface area contributed by atoms with Crippen molar-refractivity contribution in [3.05, 3.63) is 52.7 Å². The highest BCUT2D eigenvalue weighted by molar-refractivity contribution is 5.95. The third-order valence-corrected chi connectivity index (χ3v) is 3.84. The SMILES string of the molecule is Cc1nn(Cc2ccc(-c3noc(C(F)(F)F)n3)cc2)c(C)c1C(N)=O. The average Bonchev–Trinajstić information content (AvgIpc) is 3.14. The van der Waals surface area contributed by atoms with E-state index in [0.29, 0.717) is 29.1 Å². The molecule has 0 saturated carbocycles. The molecule has 2 heterocycles. The van der Waals surface area contributed by atoms with E-state index in [4.69, 9.17) is 5.73 Å². The smallest absolute Gasteiger partial charge is 0.365 e. The predicted octanol–water partition coefficient (Wildman–Crippen LogP) is 2.72. The highest BCUT2D eigenvalue weighted by Gasteiger charge is 2.38. The molecule has 0 aliphatic heterocycles. The summed E-state index contributed by atoms with van der Waals surface area (Å²) in [4.78, 5) is 14.8. The molecule has 7 nitrogen and oxygen atoms in total. The van der Waals surface area contributed by atoms with Gasteiger partial charge < -0.3 is 10.3 Å². The summed E-state index contributed by atoms with van der Waals surface area (Å²) in [6.07, 6.45) is -4.68. The van der Waals surface area contributed by atoms with Crippen molar-refractivity contribution in [2.75, 3.05) is 0 Å². The van der Waals surface area contributed by atoms with Crippen LogP contribution in [0.15, 0.2) is 28.8 Å². The molecule has 2 aromatic heterocycles. The number of primary amides is 1. The van der Waals surface area contributed by atoms with E-state index < -0.39 is 18.0 Å². The Morgan fingerprint density at radius 3 is 2.38 bits per heavy atom. The van der Waals surface area contributed by atoms with Crippen LogP contribution < -0.4 is 5.73 Å². The maximum absolute atomic E-state index is 12.5. The van der Waals surface area contributed by atoms with Gasteiger partial charge in [0.1, 0.15) is 0 Å². The molecule has 1 amide bonds. The number of aryl methyl sites for hydroxylation is 1. The van der Waals surface area contributed by atoms with Gasteiger partial charge in [0.05, 0.1) is 17.8 Å². The van der Waals surface area contributed by atoms with Crippen LogP contribution >= 0.6 is 0 Å². The Kier molecular flexibility index (Phi) is 4.26. The van der Waals surface area contributed by atoms with Gasteiger partial charge in [0.2, 0.25) is 5.82 Å². The number of carbonyl (C=O) groups excluding carboxylic acids is 1. The van der Waals surface area contributed by atoms with Crippen LogP contribution in [0.25, 0.3) is 11.4 Å². The normalized spacial score (nSPS) is 11.7. The first-order valence-corrected chi connectivity index (χ1v) is 7.51. The topological polar surface area (TPSA) is 99.8 Å². The fourth-order valence-corrected chi connectivity index (χ4v) is 2.60. The first-order valence-electron chi connectivity index (χ1n) is 7.51. The lowest BCUT2D eigenvalue weighted by Crippen LogP contribution is -2.13. The largest absolute Gasteiger partial charge is 0.471 e. The first kappa shape index (κ1) is 17.6. The van der Waals surface area contributed by atoms with Crippen molar-refractivity contribution in [2.45, 2.75) is 26.6 Å². The lowest BCUT2D eigenvalue weighted by Gasteiger charge is -2.05. The van der Waals surface area contributed by atoms with Crippen molar-refractivity contribution >= 4 is 5.91 Å². The number of amides is 1. The van der Waals surface area contributed by atoms with E-state index in [9.17, 15) is 18.0 Å². The van der Waals surface area contributed by atoms with Gasteiger partial charge in [0.15, 0.2) is 0 Å². The quantitative estimate of drug-likeness (QED) is 0.766. The zero-order valence-electron chi connectivity index (χ0n) is 13.8. The van der Waals surface area contributed by atoms with Crippen LogP contribution in [0.1, 0.15) is 33.2 Å². The number of nitrogens with zero attached hydrogens (tertiary/aromatic N) is 4. The minimum atomic E-state index is -4.68. The number of benzene rings is 1. The van der Waals surface area contributed by atoms with E-state index >= 15 is 0 Å². The highest BCUT2D eigenvalue weighted by atomic mass is 19.4. The predicted molar refractivity (Wildman–Crippen MR) is 84.1 cm³/mol. The molecule has 136 valence electrons. The zero-order valence-corrected chi connectivity index (χ0v) is 13.8. The van der Waals surface area contributed by atoms with Gasteiger partial charge in [-0.25, -0.2) is 0 Å². The summed E-state index contributed by atoms with van der Waals surface area (Å²) in [5.41, 5.74) is 8.13. The minimum absolute atomic E-state index is 0.147. The zero-order chi connectivity index (χ0) is 19.1. The number of aromatic nitrogens is 4. The van der Waals surface area contributed by atoms with Crippen molar-refractivity contribution in [2.24, 2.45) is 5.73 Å². The number of nitrogens with two attached hydrogens (primary N) is 1. The third-order valence-electron chi connectivity index (χ3n) is 3.84. The van der Waals surface area contributed by atoms with Crippen LogP contribution in [-0.4, -0.2) is 25.8 Å². The molecule has 0 atom stereocenters. The number of alkyl halides is 3. The van der Waals surface area contributed by atoms with E-state index in [1.807, 2.05) is 0 Å². The van der Waals surface area contributed by atoms with Crippen LogP contribution in [0.3, 0.4) is 0 Å². The Hall–Kier alpha value is -3.17. The first-order chi connectivity index (χ1) is 12.2. The van der Waals surface area contributed by atoms with Crippen LogP contribution in [-0.2, 0) is 12.7 Å². The maximum Gasteiger partial charge on any atom is 0.471 e. The van der Waals surface area contributed by atoms with Gasteiger partial charge in [-0.2, -0.15) is 23.3 Å². The molecule has 0 aliphatic rings. The molecule has 10 heteroatoms. The molecular weight excluding hydrogens is 351 g/mol. The summed E-state index contributed by atoms with van der Waals surface area (Å²) >= 11 is 0. The Labute approximate surface area is 145 Å². The summed E-state index contributed by atoms with van der Waals surface area (Å²) in [6.45, 7) is 3.81. The Balaban J connectivity index is 1.82. The molecule has 0 saturated heterocycles. The summed E-state index contributed by atoms with van der Waals surface area (Å²) in [5, 5.41) is 7.63. The third kappa shape index (κ3) is 3.30. The van der Waals surface area contributed by atoms with Gasteiger partial charge in [0, 0.05) is 11.3 Å². The molecule has 26 heavy (non-hydrogen) atoms. The van der Waals surface area contributed by atoms with Crippen molar-refractivity contribution in [3.63, 3.8) is 0 Å². The molecule has 0 radical (unpaired) electrons. The van der Waals surface area contributed by atoms with Gasteiger partial charge in [-0.05, 0) is 19.4 Å². The van der Waals surface area contributed by atoms with Gasteiger partial charge in [0.25, 0.3) is 5.91 Å². The molecule has 3 rings (SSSR count). The van der Waals surface area contributed by atoms with E-state index in [0.717, 1.165) is 5.56 Å². The number of rotatable bonds is 4. The number of carbonyl (C=O) groups is 1. The van der Waals surface area contributed by atoms with E-state index in [1.165, 1.54) is 0 Å². The van der Waals surface area contributed by atoms with Gasteiger partial charge in [-0.3, -0.25) is 9.48 Å². The second-order valence-electron chi connectivity index (χ2n) is 5.69. The van der Waals surface area contributed by atoms with E-state index in [1.54, 1.807) is 42.8 Å². The number of hydrogen-bond donors (Lipinski definition) is 1. The fourth-order valence-electron chi connectivity index (χ4n) is 2.60. The molecule has 0 spiro atoms. The highest BCUT2D eigenvalue weighted by Crippen LogP contribution is 2.29. The molecule has 2 N–H and O–H groups in total. The Morgan fingerprint density at radius 2 is 1.88 bits per heavy atom. The minimum Gasteiger partial charge on any atom is -0.365 e. The van der Waals surface area contributed by atoms with Crippen LogP contribution in [0.2, 0.25) is 0 Å². The van der Waals surface area contributed by atoms with Crippen molar-refractivity contribution in [1.82, 2.24) is 19.9 Å². The van der Waals surface area contributed by atoms with Crippen molar-refractivity contribution in [1.29, 1.82) is 0 Å². The lowest BCUT2D eigenvalue weighted by atomic mass is 10.1. The Morgan fingerprint density at radius 1 is 1.23 bits per heavy atom. The fraction of sp³-hybridized carbons (Fsp3) is 0.250. The standard InChI is InChI=1S/C16H14F3N5O2/c1-8-12(13(20)25)9(2)24(22-8)7-10-3-5-11(6-4-10)14-21-15(26-23-14)16(17,18)19/h3-6H,7H2,1-2H3,(H2,20,25). The molecule has 0 fully saturated rings. The van der Waals surface area contributed by atoms with Gasteiger partial charge >= 0.3 is 12.1 Å². The van der Waals surface area contributed by atoms with Gasteiger partial charge in [-0.15, -0.1) is 0 Å².